The van der Waals surface area contributed by atoms with Gasteiger partial charge in [-0.15, -0.1) is 11.8 Å². The molecule has 395 valence electrons. The van der Waals surface area contributed by atoms with Crippen LogP contribution in [0.4, 0.5) is 33.3 Å². The van der Waals surface area contributed by atoms with Crippen LogP contribution in [0.25, 0.3) is 6.08 Å². The fourth-order valence-corrected chi connectivity index (χ4v) is 10.8. The number of pyridine rings is 1. The average molecular weight is 1060 g/mol. The third-order valence-electron chi connectivity index (χ3n) is 13.7. The van der Waals surface area contributed by atoms with E-state index < -0.39 is 52.0 Å². The monoisotopic (exact) mass is 1060 g/mol. The number of hydrogen-bond acceptors (Lipinski definition) is 11. The van der Waals surface area contributed by atoms with Crippen LogP contribution in [0.3, 0.4) is 0 Å². The summed E-state index contributed by atoms with van der Waals surface area (Å²) in [7, 11) is 0. The van der Waals surface area contributed by atoms with E-state index in [-0.39, 0.29) is 80.1 Å². The summed E-state index contributed by atoms with van der Waals surface area (Å²) >= 11 is 1.26. The minimum absolute atomic E-state index is 0.0106. The van der Waals surface area contributed by atoms with Crippen LogP contribution in [-0.2, 0) is 38.7 Å². The highest BCUT2D eigenvalue weighted by molar-refractivity contribution is 8.00. The molecule has 75 heavy (non-hydrogen) atoms. The summed E-state index contributed by atoms with van der Waals surface area (Å²) in [4.78, 5) is 93.0. The number of esters is 1. The molecule has 1 saturated heterocycles. The normalized spacial score (nSPS) is 18.6. The molecule has 3 N–H and O–H groups in total. The maximum Gasteiger partial charge on any atom is 0.314 e. The van der Waals surface area contributed by atoms with Crippen LogP contribution in [-0.4, -0.2) is 105 Å². The Balaban J connectivity index is 0.758. The van der Waals surface area contributed by atoms with Crippen LogP contribution < -0.4 is 21.1 Å². The van der Waals surface area contributed by atoms with Crippen molar-refractivity contribution in [1.29, 1.82) is 0 Å². The lowest BCUT2D eigenvalue weighted by Crippen LogP contribution is -2.38. The molecule has 1 unspecified atom stereocenters. The van der Waals surface area contributed by atoms with Gasteiger partial charge in [0.05, 0.1) is 28.7 Å². The van der Waals surface area contributed by atoms with Gasteiger partial charge in [0.1, 0.15) is 5.84 Å². The number of likely N-dealkylation sites (tertiary alicyclic amines) is 1. The second-order valence-corrected chi connectivity index (χ2v) is 20.4. The zero-order valence-corrected chi connectivity index (χ0v) is 42.2. The van der Waals surface area contributed by atoms with Gasteiger partial charge in [0.25, 0.3) is 11.8 Å². The number of aromatic nitrogens is 1. The number of amidine groups is 1. The number of benzene rings is 3. The van der Waals surface area contributed by atoms with Gasteiger partial charge in [0.2, 0.25) is 52.6 Å². The first kappa shape index (κ1) is 54.3. The maximum absolute atomic E-state index is 14.1. The predicted molar refractivity (Wildman–Crippen MR) is 270 cm³/mol. The number of aliphatic imine (C=N–C) groups is 1. The summed E-state index contributed by atoms with van der Waals surface area (Å²) < 4.78 is 73.3. The van der Waals surface area contributed by atoms with E-state index in [4.69, 9.17) is 5.73 Å². The summed E-state index contributed by atoms with van der Waals surface area (Å²) in [5.41, 5.74) is 14.3. The van der Waals surface area contributed by atoms with Gasteiger partial charge in [0.15, 0.2) is 0 Å². The molecule has 21 heteroatoms. The number of imide groups is 1. The molecule has 4 aromatic rings. The molecule has 1 saturated carbocycles. The summed E-state index contributed by atoms with van der Waals surface area (Å²) in [6.45, 7) is 7.61. The van der Waals surface area contributed by atoms with Crippen LogP contribution in [0.15, 0.2) is 65.3 Å². The number of nitrogens with one attached hydrogen (secondary N) is 3. The molecular weight excluding hydrogens is 1000 g/mol. The summed E-state index contributed by atoms with van der Waals surface area (Å²) in [5, 5.41) is 5.18. The number of ether oxygens (including phenoxy) is 1. The van der Waals surface area contributed by atoms with Crippen LogP contribution >= 0.6 is 11.8 Å². The average Bonchev–Trinajstić information content (AvgIpc) is 3.54. The van der Waals surface area contributed by atoms with E-state index in [9.17, 15) is 50.7 Å². The number of carbonyl (C=O) groups is 6. The van der Waals surface area contributed by atoms with E-state index in [0.29, 0.717) is 84.8 Å². The Morgan fingerprint density at radius 2 is 1.55 bits per heavy atom. The highest BCUT2D eigenvalue weighted by Gasteiger charge is 2.41. The highest BCUT2D eigenvalue weighted by atomic mass is 32.2. The second-order valence-electron chi connectivity index (χ2n) is 19.1. The van der Waals surface area contributed by atoms with Crippen molar-refractivity contribution >= 4 is 70.6 Å². The zero-order chi connectivity index (χ0) is 53.5. The lowest BCUT2D eigenvalue weighted by Gasteiger charge is -2.29. The molecule has 0 spiro atoms. The Labute approximate surface area is 434 Å². The first-order valence-corrected chi connectivity index (χ1v) is 26.1. The molecule has 1 aliphatic carbocycles. The summed E-state index contributed by atoms with van der Waals surface area (Å²) in [5.74, 6) is -16.2. The molecule has 5 amide bonds. The molecule has 8 rings (SSSR count). The van der Waals surface area contributed by atoms with Crippen molar-refractivity contribution < 1.29 is 55.5 Å². The minimum Gasteiger partial charge on any atom is -0.420 e. The lowest BCUT2D eigenvalue weighted by atomic mass is 9.82. The van der Waals surface area contributed by atoms with Crippen molar-refractivity contribution in [3.8, 4) is 5.75 Å². The van der Waals surface area contributed by atoms with Gasteiger partial charge in [-0.1, -0.05) is 32.0 Å². The fraction of sp³-hybridized carbons (Fsp3) is 0.407. The molecule has 1 atom stereocenters. The Morgan fingerprint density at radius 3 is 2.24 bits per heavy atom. The molecule has 1 radical (unpaired) electrons. The Hall–Kier alpha value is -7.00. The second kappa shape index (κ2) is 24.1. The number of hydrogen-bond donors (Lipinski definition) is 2. The zero-order valence-electron chi connectivity index (χ0n) is 41.4. The predicted octanol–water partition coefficient (Wildman–Crippen LogP) is 8.34. The van der Waals surface area contributed by atoms with Gasteiger partial charge in [0, 0.05) is 98.8 Å². The van der Waals surface area contributed by atoms with Crippen molar-refractivity contribution in [1.82, 2.24) is 30.7 Å². The smallest absolute Gasteiger partial charge is 0.314 e. The molecule has 0 bridgehead atoms. The Morgan fingerprint density at radius 1 is 0.867 bits per heavy atom. The molecule has 4 heterocycles. The molecule has 3 aromatic carbocycles. The first-order chi connectivity index (χ1) is 36.0. The molecule has 2 fully saturated rings. The van der Waals surface area contributed by atoms with Gasteiger partial charge < -0.3 is 20.3 Å². The minimum atomic E-state index is -2.37. The number of thioether (sulfide) groups is 1. The molecular formula is C54H56F5N8O7S. The number of nitrogens with zero attached hydrogens (tertiary/aromatic N) is 5. The van der Waals surface area contributed by atoms with E-state index in [0.717, 1.165) is 36.2 Å². The van der Waals surface area contributed by atoms with E-state index in [1.165, 1.54) is 16.7 Å². The van der Waals surface area contributed by atoms with Gasteiger partial charge in [-0.3, -0.25) is 49.3 Å². The van der Waals surface area contributed by atoms with Gasteiger partial charge in [-0.25, -0.2) is 18.2 Å². The highest BCUT2D eigenvalue weighted by Crippen LogP contribution is 2.36. The first-order valence-electron chi connectivity index (χ1n) is 25.0. The van der Waals surface area contributed by atoms with Crippen molar-refractivity contribution in [2.75, 3.05) is 43.8 Å². The third kappa shape index (κ3) is 12.8. The van der Waals surface area contributed by atoms with Crippen LogP contribution in [0.2, 0.25) is 0 Å². The van der Waals surface area contributed by atoms with Crippen molar-refractivity contribution in [2.45, 2.75) is 90.0 Å². The van der Waals surface area contributed by atoms with Crippen LogP contribution in [0, 0.1) is 40.9 Å². The van der Waals surface area contributed by atoms with Gasteiger partial charge in [-0.2, -0.15) is 8.78 Å². The van der Waals surface area contributed by atoms with E-state index in [1.54, 1.807) is 42.6 Å². The van der Waals surface area contributed by atoms with Crippen molar-refractivity contribution in [3.05, 3.63) is 123 Å². The van der Waals surface area contributed by atoms with Crippen molar-refractivity contribution in [3.63, 3.8) is 0 Å². The SMILES string of the molecule is CCCN(CCC)C(=O)C1=Cc2ccc(C(=O)Nc3cnc4c(c3)CN(Cc3ccc(C(=O)NCCSC5CC(=O)N(CC6CCC(C(=O)Oc7c(F)c(F)c(F)c(F)c7F)CC6)C5=O)cc3)CC4)cc2N=C([NH])C1. The number of rotatable bonds is 18. The number of halogens is 5. The van der Waals surface area contributed by atoms with Crippen LogP contribution in [0.1, 0.15) is 108 Å². The summed E-state index contributed by atoms with van der Waals surface area (Å²) in [6, 6.07) is 14.2. The number of anilines is 1. The van der Waals surface area contributed by atoms with E-state index >= 15 is 0 Å². The molecule has 4 aliphatic rings. The topological polar surface area (TPSA) is 194 Å². The quantitative estimate of drug-likeness (QED) is 0.0186. The number of carbonyl (C=O) groups excluding carboxylic acids is 6. The molecule has 1 aromatic heterocycles. The summed E-state index contributed by atoms with van der Waals surface area (Å²) in [6.07, 6.45) is 6.88. The van der Waals surface area contributed by atoms with Crippen molar-refractivity contribution in [2.24, 2.45) is 16.8 Å². The van der Waals surface area contributed by atoms with E-state index in [2.05, 4.69) is 30.2 Å². The van der Waals surface area contributed by atoms with Gasteiger partial charge >= 0.3 is 5.97 Å². The lowest BCUT2D eigenvalue weighted by molar-refractivity contribution is -0.143. The Bertz CT molecular complexity index is 2910. The van der Waals surface area contributed by atoms with Gasteiger partial charge in [-0.05, 0) is 92.0 Å². The molecule has 3 aliphatic heterocycles. The maximum atomic E-state index is 14.1. The van der Waals surface area contributed by atoms with Crippen LogP contribution in [0.5, 0.6) is 5.75 Å². The number of fused-ring (bicyclic) bond motifs is 2. The Kier molecular flexibility index (Phi) is 17.5. The molecule has 15 nitrogen and oxygen atoms in total. The third-order valence-corrected chi connectivity index (χ3v) is 14.9. The number of amides is 5. The fourth-order valence-electron chi connectivity index (χ4n) is 9.75. The van der Waals surface area contributed by atoms with E-state index in [1.807, 2.05) is 36.9 Å². The largest absolute Gasteiger partial charge is 0.420 e. The standard InChI is InChI=1S/C54H56F5N8O7S/c1-3-17-66(18-4-2)52(71)36-21-34-13-14-35(23-40(34)64-42(60)24-36)51(70)63-38-22-37-29-65(19-15-39(37)62-26-38)27-30-5-9-32(10-6-30)50(69)61-16-20-75-41-25-43(68)67(53(41)72)28-31-7-11-33(12-8-31)54(73)74-49-47(58)45(56)44(55)46(57)48(49)59/h5-6,9-10,13-14,21-23,26,31,33,41,60H,3-4,7-8,11-12,15-20,24-25,27-29H2,1-2H3,(H,61,69)(H,63,70).